The normalized spacial score (nSPS) is 17.6. The van der Waals surface area contributed by atoms with Gasteiger partial charge in [0.25, 0.3) is 0 Å². The van der Waals surface area contributed by atoms with E-state index in [0.717, 1.165) is 38.1 Å². The average Bonchev–Trinajstić information content (AvgIpc) is 2.38. The van der Waals surface area contributed by atoms with Crippen LogP contribution in [0.15, 0.2) is 23.1 Å². The van der Waals surface area contributed by atoms with Gasteiger partial charge in [0.15, 0.2) is 0 Å². The van der Waals surface area contributed by atoms with Gasteiger partial charge < -0.3 is 5.32 Å². The number of hydrogen-bond donors (Lipinski definition) is 1. The van der Waals surface area contributed by atoms with Crippen molar-refractivity contribution in [2.24, 2.45) is 5.92 Å². The second-order valence-electron chi connectivity index (χ2n) is 5.08. The molecule has 112 valence electrons. The molecule has 0 amide bonds. The van der Waals surface area contributed by atoms with Crippen molar-refractivity contribution < 1.29 is 17.2 Å². The molecule has 0 spiro atoms. The van der Waals surface area contributed by atoms with E-state index in [1.165, 1.54) is 11.4 Å². The lowest BCUT2D eigenvalue weighted by atomic mass is 9.98. The van der Waals surface area contributed by atoms with E-state index in [2.05, 4.69) is 5.32 Å². The minimum absolute atomic E-state index is 0.273. The van der Waals surface area contributed by atoms with E-state index in [4.69, 9.17) is 0 Å². The molecule has 0 saturated carbocycles. The van der Waals surface area contributed by atoms with Crippen LogP contribution in [-0.4, -0.2) is 39.4 Å². The highest BCUT2D eigenvalue weighted by atomic mass is 32.2. The Balaban J connectivity index is 2.15. The van der Waals surface area contributed by atoms with Gasteiger partial charge in [-0.2, -0.15) is 0 Å². The maximum atomic E-state index is 13.1. The number of nitrogens with zero attached hydrogens (tertiary/aromatic N) is 1. The Hall–Kier alpha value is -1.05. The van der Waals surface area contributed by atoms with Crippen LogP contribution in [0.3, 0.4) is 0 Å². The number of benzene rings is 1. The van der Waals surface area contributed by atoms with Crippen molar-refractivity contribution >= 4 is 10.0 Å². The van der Waals surface area contributed by atoms with Crippen LogP contribution in [0.1, 0.15) is 12.8 Å². The minimum atomic E-state index is -3.85. The molecule has 2 rings (SSSR count). The number of piperidine rings is 1. The molecular formula is C13H18F2N2O2S. The highest BCUT2D eigenvalue weighted by Crippen LogP contribution is 2.20. The van der Waals surface area contributed by atoms with Gasteiger partial charge in [0.05, 0.1) is 4.90 Å². The van der Waals surface area contributed by atoms with Gasteiger partial charge in [-0.15, -0.1) is 0 Å². The van der Waals surface area contributed by atoms with E-state index in [1.54, 1.807) is 0 Å². The number of sulfonamides is 1. The third-order valence-corrected chi connectivity index (χ3v) is 5.32. The van der Waals surface area contributed by atoms with Gasteiger partial charge >= 0.3 is 0 Å². The Morgan fingerprint density at radius 1 is 1.20 bits per heavy atom. The van der Waals surface area contributed by atoms with Crippen LogP contribution in [0.4, 0.5) is 8.78 Å². The number of hydrogen-bond acceptors (Lipinski definition) is 3. The van der Waals surface area contributed by atoms with Gasteiger partial charge in [-0.05, 0) is 44.0 Å². The minimum Gasteiger partial charge on any atom is -0.317 e. The second-order valence-corrected chi connectivity index (χ2v) is 7.13. The largest absolute Gasteiger partial charge is 0.317 e. The molecule has 4 nitrogen and oxygen atoms in total. The van der Waals surface area contributed by atoms with E-state index in [0.29, 0.717) is 12.6 Å². The van der Waals surface area contributed by atoms with Crippen molar-refractivity contribution in [1.82, 2.24) is 9.62 Å². The molecular weight excluding hydrogens is 286 g/mol. The van der Waals surface area contributed by atoms with E-state index in [1.807, 2.05) is 0 Å². The number of halogens is 2. The van der Waals surface area contributed by atoms with Gasteiger partial charge in [0.2, 0.25) is 10.0 Å². The molecule has 0 aliphatic carbocycles. The second kappa shape index (κ2) is 6.15. The molecule has 1 heterocycles. The Bertz CT molecular complexity index is 551. The average molecular weight is 304 g/mol. The van der Waals surface area contributed by atoms with Gasteiger partial charge in [0.1, 0.15) is 11.6 Å². The first-order chi connectivity index (χ1) is 9.39. The van der Waals surface area contributed by atoms with Crippen molar-refractivity contribution in [1.29, 1.82) is 0 Å². The third kappa shape index (κ3) is 3.53. The maximum absolute atomic E-state index is 13.1. The fourth-order valence-corrected chi connectivity index (χ4v) is 3.67. The molecule has 0 unspecified atom stereocenters. The van der Waals surface area contributed by atoms with Crippen LogP contribution in [0.5, 0.6) is 0 Å². The molecule has 1 N–H and O–H groups in total. The monoisotopic (exact) mass is 304 g/mol. The molecule has 1 aliphatic heterocycles. The first kappa shape index (κ1) is 15.3. The van der Waals surface area contributed by atoms with Gasteiger partial charge in [-0.25, -0.2) is 21.5 Å². The summed E-state index contributed by atoms with van der Waals surface area (Å²) >= 11 is 0. The summed E-state index contributed by atoms with van der Waals surface area (Å²) in [6.45, 7) is 2.10. The third-order valence-electron chi connectivity index (χ3n) is 3.52. The quantitative estimate of drug-likeness (QED) is 0.919. The van der Waals surface area contributed by atoms with Crippen molar-refractivity contribution in [3.63, 3.8) is 0 Å². The van der Waals surface area contributed by atoms with Crippen LogP contribution >= 0.6 is 0 Å². The van der Waals surface area contributed by atoms with Crippen molar-refractivity contribution in [3.8, 4) is 0 Å². The van der Waals surface area contributed by atoms with Crippen LogP contribution in [0.2, 0.25) is 0 Å². The maximum Gasteiger partial charge on any atom is 0.243 e. The molecule has 0 aromatic heterocycles. The molecule has 0 bridgehead atoms. The molecule has 7 heteroatoms. The topological polar surface area (TPSA) is 49.4 Å². The molecule has 0 radical (unpaired) electrons. The number of nitrogens with one attached hydrogen (secondary N) is 1. The van der Waals surface area contributed by atoms with E-state index >= 15 is 0 Å². The summed E-state index contributed by atoms with van der Waals surface area (Å²) in [7, 11) is -2.41. The molecule has 0 atom stereocenters. The zero-order chi connectivity index (χ0) is 14.8. The van der Waals surface area contributed by atoms with Gasteiger partial charge in [0, 0.05) is 19.7 Å². The van der Waals surface area contributed by atoms with Crippen LogP contribution in [0.25, 0.3) is 0 Å². The molecule has 1 aromatic rings. The van der Waals surface area contributed by atoms with Crippen molar-refractivity contribution in [2.75, 3.05) is 26.7 Å². The summed E-state index contributed by atoms with van der Waals surface area (Å²) in [5.41, 5.74) is 0. The summed E-state index contributed by atoms with van der Waals surface area (Å²) in [6.07, 6.45) is 1.80. The van der Waals surface area contributed by atoms with Gasteiger partial charge in [-0.1, -0.05) is 0 Å². The van der Waals surface area contributed by atoms with E-state index < -0.39 is 21.7 Å². The van der Waals surface area contributed by atoms with Crippen LogP contribution < -0.4 is 5.32 Å². The molecule has 20 heavy (non-hydrogen) atoms. The highest BCUT2D eigenvalue weighted by Gasteiger charge is 2.25. The standard InChI is InChI=1S/C13H18F2N2O2S/c1-17(9-10-2-4-16-5-3-10)20(18,19)13-7-11(14)6-12(15)8-13/h6-8,10,16H,2-5,9H2,1H3. The number of rotatable bonds is 4. The summed E-state index contributed by atoms with van der Waals surface area (Å²) in [4.78, 5) is -0.341. The molecule has 1 aromatic carbocycles. The lowest BCUT2D eigenvalue weighted by Crippen LogP contribution is -2.37. The van der Waals surface area contributed by atoms with E-state index in [-0.39, 0.29) is 10.8 Å². The Morgan fingerprint density at radius 3 is 2.30 bits per heavy atom. The Morgan fingerprint density at radius 2 is 1.75 bits per heavy atom. The van der Waals surface area contributed by atoms with Crippen molar-refractivity contribution in [3.05, 3.63) is 29.8 Å². The predicted octanol–water partition coefficient (Wildman–Crippen LogP) is 1.58. The zero-order valence-corrected chi connectivity index (χ0v) is 12.1. The predicted molar refractivity (Wildman–Crippen MR) is 71.8 cm³/mol. The Labute approximate surface area is 117 Å². The smallest absolute Gasteiger partial charge is 0.243 e. The van der Waals surface area contributed by atoms with Crippen LogP contribution in [-0.2, 0) is 10.0 Å². The SMILES string of the molecule is CN(CC1CCNCC1)S(=O)(=O)c1cc(F)cc(F)c1. The summed E-state index contributed by atoms with van der Waals surface area (Å²) in [5, 5.41) is 3.21. The fraction of sp³-hybridized carbons (Fsp3) is 0.538. The molecule has 1 saturated heterocycles. The summed E-state index contributed by atoms with van der Waals surface area (Å²) in [6, 6.07) is 2.35. The first-order valence-corrected chi connectivity index (χ1v) is 7.97. The molecule has 1 fully saturated rings. The van der Waals surface area contributed by atoms with Crippen LogP contribution in [0, 0.1) is 17.6 Å². The van der Waals surface area contributed by atoms with E-state index in [9.17, 15) is 17.2 Å². The van der Waals surface area contributed by atoms with Gasteiger partial charge in [-0.3, -0.25) is 0 Å². The zero-order valence-electron chi connectivity index (χ0n) is 11.3. The Kier molecular flexibility index (Phi) is 4.72. The fourth-order valence-electron chi connectivity index (χ4n) is 2.38. The highest BCUT2D eigenvalue weighted by molar-refractivity contribution is 7.89. The van der Waals surface area contributed by atoms with Crippen molar-refractivity contribution in [2.45, 2.75) is 17.7 Å². The summed E-state index contributed by atoms with van der Waals surface area (Å²) in [5.74, 6) is -1.51. The molecule has 1 aliphatic rings. The lowest BCUT2D eigenvalue weighted by molar-refractivity contribution is 0.311. The first-order valence-electron chi connectivity index (χ1n) is 6.53. The lowest BCUT2D eigenvalue weighted by Gasteiger charge is -2.27. The summed E-state index contributed by atoms with van der Waals surface area (Å²) < 4.78 is 52.1.